The van der Waals surface area contributed by atoms with Crippen LogP contribution >= 0.6 is 0 Å². The Labute approximate surface area is 99.5 Å². The van der Waals surface area contributed by atoms with Gasteiger partial charge in [0.2, 0.25) is 0 Å². The van der Waals surface area contributed by atoms with Gasteiger partial charge in [0.25, 0.3) is 0 Å². The van der Waals surface area contributed by atoms with Crippen molar-refractivity contribution in [2.24, 2.45) is 5.73 Å². The first-order chi connectivity index (χ1) is 8.06. The first-order valence-electron chi connectivity index (χ1n) is 5.54. The number of halogens is 1. The Hall–Kier alpha value is -1.53. The Kier molecular flexibility index (Phi) is 4.99. The van der Waals surface area contributed by atoms with Gasteiger partial charge in [0.1, 0.15) is 17.1 Å². The molecule has 0 amide bonds. The highest BCUT2D eigenvalue weighted by molar-refractivity contribution is 5.86. The predicted molar refractivity (Wildman–Crippen MR) is 64.5 cm³/mol. The Morgan fingerprint density at radius 3 is 2.94 bits per heavy atom. The molecular formula is C11H18FN5. The summed E-state index contributed by atoms with van der Waals surface area (Å²) in [5.74, 6) is -0.474. The van der Waals surface area contributed by atoms with Crippen molar-refractivity contribution in [3.63, 3.8) is 0 Å². The third kappa shape index (κ3) is 3.76. The highest BCUT2D eigenvalue weighted by atomic mass is 19.1. The number of pyridine rings is 1. The van der Waals surface area contributed by atoms with E-state index < -0.39 is 11.9 Å². The van der Waals surface area contributed by atoms with E-state index in [1.165, 1.54) is 12.1 Å². The quantitative estimate of drug-likeness (QED) is 0.337. The van der Waals surface area contributed by atoms with Crippen molar-refractivity contribution in [2.45, 2.75) is 19.4 Å². The third-order valence-corrected chi connectivity index (χ3v) is 2.31. The summed E-state index contributed by atoms with van der Waals surface area (Å²) >= 11 is 0. The molecule has 1 rings (SSSR count). The number of hydrogen-bond acceptors (Lipinski definition) is 4. The van der Waals surface area contributed by atoms with Gasteiger partial charge in [-0.3, -0.25) is 15.4 Å². The van der Waals surface area contributed by atoms with Gasteiger partial charge in [-0.25, -0.2) is 4.39 Å². The van der Waals surface area contributed by atoms with Crippen LogP contribution in [0.5, 0.6) is 0 Å². The van der Waals surface area contributed by atoms with Gasteiger partial charge < -0.3 is 11.1 Å². The van der Waals surface area contributed by atoms with E-state index >= 15 is 0 Å². The van der Waals surface area contributed by atoms with E-state index in [4.69, 9.17) is 16.6 Å². The molecule has 0 aliphatic rings. The zero-order valence-corrected chi connectivity index (χ0v) is 9.83. The molecule has 17 heavy (non-hydrogen) atoms. The van der Waals surface area contributed by atoms with Gasteiger partial charge in [-0.05, 0) is 25.1 Å². The van der Waals surface area contributed by atoms with Gasteiger partial charge in [-0.2, -0.15) is 0 Å². The fraction of sp³-hybridized carbons (Fsp3) is 0.455. The van der Waals surface area contributed by atoms with Crippen molar-refractivity contribution in [3.05, 3.63) is 29.6 Å². The molecule has 0 aliphatic carbocycles. The average molecular weight is 239 g/mol. The molecule has 0 fully saturated rings. The Morgan fingerprint density at radius 1 is 1.59 bits per heavy atom. The minimum Gasteiger partial charge on any atom is -0.320 e. The molecule has 6 heteroatoms. The molecule has 0 spiro atoms. The minimum absolute atomic E-state index is 0.0121. The maximum Gasteiger partial charge on any atom is 0.140 e. The molecule has 5 nitrogen and oxygen atoms in total. The number of aromatic nitrogens is 1. The monoisotopic (exact) mass is 239 g/mol. The van der Waals surface area contributed by atoms with Gasteiger partial charge >= 0.3 is 0 Å². The highest BCUT2D eigenvalue weighted by Crippen LogP contribution is 1.93. The molecular weight excluding hydrogens is 221 g/mol. The molecule has 1 atom stereocenters. The maximum absolute atomic E-state index is 13.0. The topological polar surface area (TPSA) is 90.7 Å². The van der Waals surface area contributed by atoms with Crippen LogP contribution in [0, 0.1) is 16.6 Å². The second-order valence-electron chi connectivity index (χ2n) is 3.80. The van der Waals surface area contributed by atoms with Crippen LogP contribution in [0.1, 0.15) is 13.3 Å². The summed E-state index contributed by atoms with van der Waals surface area (Å²) in [6.07, 6.45) is 2.08. The molecule has 0 aromatic carbocycles. The van der Waals surface area contributed by atoms with Gasteiger partial charge in [-0.15, -0.1) is 0 Å². The lowest BCUT2D eigenvalue weighted by atomic mass is 10.2. The molecule has 0 saturated carbocycles. The van der Waals surface area contributed by atoms with E-state index in [-0.39, 0.29) is 11.3 Å². The average Bonchev–Trinajstić information content (AvgIpc) is 2.31. The van der Waals surface area contributed by atoms with Crippen molar-refractivity contribution in [3.8, 4) is 0 Å². The van der Waals surface area contributed by atoms with Crippen LogP contribution in [0.25, 0.3) is 0 Å². The van der Waals surface area contributed by atoms with E-state index in [0.29, 0.717) is 6.54 Å². The van der Waals surface area contributed by atoms with Gasteiger partial charge in [0.15, 0.2) is 0 Å². The van der Waals surface area contributed by atoms with Crippen molar-refractivity contribution in [1.29, 1.82) is 10.8 Å². The van der Waals surface area contributed by atoms with Gasteiger partial charge in [0.05, 0.1) is 6.04 Å². The number of nitrogens with zero attached hydrogens (tertiary/aromatic N) is 1. The molecule has 1 aromatic heterocycles. The van der Waals surface area contributed by atoms with E-state index in [0.717, 1.165) is 23.7 Å². The summed E-state index contributed by atoms with van der Waals surface area (Å²) in [7, 11) is 0. The molecule has 0 radical (unpaired) electrons. The van der Waals surface area contributed by atoms with Gasteiger partial charge in [-0.1, -0.05) is 6.92 Å². The summed E-state index contributed by atoms with van der Waals surface area (Å²) in [5.41, 5.74) is 5.84. The van der Waals surface area contributed by atoms with Crippen LogP contribution in [-0.4, -0.2) is 29.5 Å². The lowest BCUT2D eigenvalue weighted by Crippen LogP contribution is -2.46. The normalized spacial score (nSPS) is 12.4. The molecule has 1 heterocycles. The molecule has 5 N–H and O–H groups in total. The molecule has 1 aromatic rings. The van der Waals surface area contributed by atoms with E-state index in [1.54, 1.807) is 0 Å². The lowest BCUT2D eigenvalue weighted by molar-refractivity contribution is 0.605. The zero-order valence-electron chi connectivity index (χ0n) is 9.83. The molecule has 0 saturated heterocycles. The Bertz CT molecular complexity index is 440. The van der Waals surface area contributed by atoms with Gasteiger partial charge in [0, 0.05) is 12.7 Å². The predicted octanol–water partition coefficient (Wildman–Crippen LogP) is 0.259. The van der Waals surface area contributed by atoms with E-state index in [2.05, 4.69) is 5.32 Å². The van der Waals surface area contributed by atoms with Crippen LogP contribution in [0.2, 0.25) is 0 Å². The lowest BCUT2D eigenvalue weighted by Gasteiger charge is -2.16. The number of nitrogens with two attached hydrogens (primary N) is 1. The van der Waals surface area contributed by atoms with Crippen LogP contribution in [0.3, 0.4) is 0 Å². The summed E-state index contributed by atoms with van der Waals surface area (Å²) in [6, 6.07) is 1.93. The zero-order chi connectivity index (χ0) is 12.8. The summed E-state index contributed by atoms with van der Waals surface area (Å²) in [5, 5.41) is 18.5. The molecule has 0 bridgehead atoms. The Morgan fingerprint density at radius 2 is 2.29 bits per heavy atom. The fourth-order valence-electron chi connectivity index (χ4n) is 1.38. The standard InChI is InChI=1S/C11H18FN5/c1-2-5-16-6-9(13)11(15)17-7-8(12)3-4-10(17)14/h3-4,7,9,14-16H,2,5-6,13H2,1H3. The summed E-state index contributed by atoms with van der Waals surface area (Å²) in [6.45, 7) is 3.30. The van der Waals surface area contributed by atoms with Crippen LogP contribution in [-0.2, 0) is 0 Å². The van der Waals surface area contributed by atoms with E-state index in [9.17, 15) is 4.39 Å². The maximum atomic E-state index is 13.0. The van der Waals surface area contributed by atoms with Crippen molar-refractivity contribution in [1.82, 2.24) is 9.88 Å². The molecule has 94 valence electrons. The Balaban J connectivity index is 2.74. The second-order valence-corrected chi connectivity index (χ2v) is 3.80. The SMILES string of the molecule is CCCNCC(N)C(=N)n1cc(F)ccc1=N. The van der Waals surface area contributed by atoms with Crippen molar-refractivity contribution >= 4 is 5.84 Å². The van der Waals surface area contributed by atoms with Crippen molar-refractivity contribution in [2.75, 3.05) is 13.1 Å². The molecule has 0 aliphatic heterocycles. The van der Waals surface area contributed by atoms with E-state index in [1.807, 2.05) is 6.92 Å². The molecule has 1 unspecified atom stereocenters. The van der Waals surface area contributed by atoms with Crippen LogP contribution in [0.4, 0.5) is 4.39 Å². The fourth-order valence-corrected chi connectivity index (χ4v) is 1.38. The number of nitrogens with one attached hydrogen (secondary N) is 3. The summed E-state index contributed by atoms with van der Waals surface area (Å²) in [4.78, 5) is 0. The first kappa shape index (κ1) is 13.5. The summed E-state index contributed by atoms with van der Waals surface area (Å²) < 4.78 is 14.2. The minimum atomic E-state index is -0.558. The van der Waals surface area contributed by atoms with Crippen molar-refractivity contribution < 1.29 is 4.39 Å². The second kappa shape index (κ2) is 6.27. The number of hydrogen-bond donors (Lipinski definition) is 4. The smallest absolute Gasteiger partial charge is 0.140 e. The third-order valence-electron chi connectivity index (χ3n) is 2.31. The van der Waals surface area contributed by atoms with Crippen LogP contribution < -0.4 is 16.5 Å². The van der Waals surface area contributed by atoms with Crippen LogP contribution in [0.15, 0.2) is 18.3 Å². The first-order valence-corrected chi connectivity index (χ1v) is 5.54. The largest absolute Gasteiger partial charge is 0.320 e. The highest BCUT2D eigenvalue weighted by Gasteiger charge is 2.11. The number of rotatable bonds is 5.